The summed E-state index contributed by atoms with van der Waals surface area (Å²) >= 11 is 1.91. The highest BCUT2D eigenvalue weighted by Crippen LogP contribution is 2.30. The summed E-state index contributed by atoms with van der Waals surface area (Å²) in [6.07, 6.45) is 2.30. The van der Waals surface area contributed by atoms with E-state index in [4.69, 9.17) is 4.84 Å². The van der Waals surface area contributed by atoms with Crippen molar-refractivity contribution in [2.45, 2.75) is 38.1 Å². The van der Waals surface area contributed by atoms with Crippen LogP contribution in [0.15, 0.2) is 48.5 Å². The van der Waals surface area contributed by atoms with E-state index in [1.165, 1.54) is 12.1 Å². The fourth-order valence-corrected chi connectivity index (χ4v) is 5.80. The smallest absolute Gasteiger partial charge is 0.277 e. The van der Waals surface area contributed by atoms with Crippen LogP contribution in [-0.2, 0) is 14.4 Å². The number of amides is 5. The van der Waals surface area contributed by atoms with Gasteiger partial charge in [-0.25, -0.2) is 18.7 Å². The second kappa shape index (κ2) is 16.2. The number of anilines is 3. The van der Waals surface area contributed by atoms with Gasteiger partial charge >= 0.3 is 0 Å². The summed E-state index contributed by atoms with van der Waals surface area (Å²) in [4.78, 5) is 68.3. The number of hydroxylamine groups is 1. The van der Waals surface area contributed by atoms with Gasteiger partial charge in [0.25, 0.3) is 17.7 Å². The zero-order chi connectivity index (χ0) is 35.1. The van der Waals surface area contributed by atoms with E-state index in [0.717, 1.165) is 29.9 Å². The summed E-state index contributed by atoms with van der Waals surface area (Å²) in [6, 6.07) is 9.83. The Labute approximate surface area is 292 Å². The molecule has 2 aliphatic heterocycles. The molecule has 2 aliphatic rings. The van der Waals surface area contributed by atoms with Gasteiger partial charge in [-0.3, -0.25) is 39.0 Å². The Bertz CT molecular complexity index is 1790. The number of nitrogens with zero attached hydrogens (tertiary/aromatic N) is 1. The van der Waals surface area contributed by atoms with Crippen LogP contribution < -0.4 is 26.7 Å². The molecule has 3 aromatic carbocycles. The summed E-state index contributed by atoms with van der Waals surface area (Å²) in [5, 5.41) is 11.1. The molecule has 2 heterocycles. The first-order valence-corrected chi connectivity index (χ1v) is 16.6. The summed E-state index contributed by atoms with van der Waals surface area (Å²) in [5.41, 5.74) is 2.37. The summed E-state index contributed by atoms with van der Waals surface area (Å²) < 4.78 is 43.4. The third-order valence-electron chi connectivity index (χ3n) is 7.84. The Balaban J connectivity index is 0.974. The quantitative estimate of drug-likeness (QED) is 0.0652. The fourth-order valence-electron chi connectivity index (χ4n) is 5.34. The molecule has 5 N–H and O–H groups in total. The number of hydrogen-bond acceptors (Lipinski definition) is 9. The second-order valence-corrected chi connectivity index (χ2v) is 12.5. The molecule has 12 nitrogen and oxygen atoms in total. The average molecular weight is 793 g/mol. The highest BCUT2D eigenvalue weighted by molar-refractivity contribution is 14.1. The number of carbonyl (C=O) groups is 5. The second-order valence-electron chi connectivity index (χ2n) is 11.3. The zero-order valence-electron chi connectivity index (χ0n) is 26.0. The van der Waals surface area contributed by atoms with Crippen molar-refractivity contribution in [3.8, 4) is 0 Å². The maximum atomic E-state index is 14.6. The van der Waals surface area contributed by atoms with Gasteiger partial charge in [0.15, 0.2) is 11.6 Å². The molecule has 1 saturated heterocycles. The SMILES string of the molecule is O=C1CCC(N2C(=O)c3ccc(NCCCCNCCCONC(=O)c4ccc(F)c(F)c4Nc4ccc(I)cc4F)cc3C2=O)C(=O)N1. The van der Waals surface area contributed by atoms with Crippen LogP contribution in [0.3, 0.4) is 0 Å². The van der Waals surface area contributed by atoms with Crippen molar-refractivity contribution in [2.24, 2.45) is 0 Å². The van der Waals surface area contributed by atoms with Gasteiger partial charge in [-0.1, -0.05) is 0 Å². The first-order valence-electron chi connectivity index (χ1n) is 15.5. The van der Waals surface area contributed by atoms with E-state index in [0.29, 0.717) is 35.3 Å². The molecule has 0 spiro atoms. The van der Waals surface area contributed by atoms with Gasteiger partial charge in [-0.2, -0.15) is 0 Å². The van der Waals surface area contributed by atoms with E-state index in [1.54, 1.807) is 24.3 Å². The zero-order valence-corrected chi connectivity index (χ0v) is 28.1. The van der Waals surface area contributed by atoms with Crippen molar-refractivity contribution in [1.82, 2.24) is 21.0 Å². The number of hydrogen-bond donors (Lipinski definition) is 5. The van der Waals surface area contributed by atoms with Crippen LogP contribution in [0.1, 0.15) is 63.2 Å². The molecular weight excluding hydrogens is 760 g/mol. The van der Waals surface area contributed by atoms with Gasteiger partial charge in [-0.15, -0.1) is 0 Å². The van der Waals surface area contributed by atoms with Crippen LogP contribution in [0, 0.1) is 21.0 Å². The molecule has 0 bridgehead atoms. The molecule has 16 heteroatoms. The van der Waals surface area contributed by atoms with Gasteiger partial charge in [0.2, 0.25) is 11.8 Å². The monoisotopic (exact) mass is 792 g/mol. The molecule has 258 valence electrons. The lowest BCUT2D eigenvalue weighted by atomic mass is 10.0. The van der Waals surface area contributed by atoms with Crippen molar-refractivity contribution in [2.75, 3.05) is 36.9 Å². The lowest BCUT2D eigenvalue weighted by Gasteiger charge is -2.27. The predicted octanol–water partition coefficient (Wildman–Crippen LogP) is 4.39. The summed E-state index contributed by atoms with van der Waals surface area (Å²) in [7, 11) is 0. The molecule has 3 aromatic rings. The Morgan fingerprint density at radius 1 is 0.898 bits per heavy atom. The highest BCUT2D eigenvalue weighted by atomic mass is 127. The minimum atomic E-state index is -1.33. The van der Waals surface area contributed by atoms with Crippen LogP contribution in [0.25, 0.3) is 0 Å². The van der Waals surface area contributed by atoms with Crippen molar-refractivity contribution in [3.63, 3.8) is 0 Å². The Kier molecular flexibility index (Phi) is 11.8. The van der Waals surface area contributed by atoms with E-state index in [1.807, 2.05) is 22.6 Å². The maximum absolute atomic E-state index is 14.6. The van der Waals surface area contributed by atoms with Crippen molar-refractivity contribution < 1.29 is 42.0 Å². The number of nitrogens with one attached hydrogen (secondary N) is 5. The number of carbonyl (C=O) groups excluding carboxylic acids is 5. The molecule has 0 aliphatic carbocycles. The van der Waals surface area contributed by atoms with Crippen molar-refractivity contribution in [3.05, 3.63) is 86.2 Å². The third-order valence-corrected chi connectivity index (χ3v) is 8.52. The topological polar surface area (TPSA) is 158 Å². The van der Waals surface area contributed by atoms with Crippen LogP contribution in [-0.4, -0.2) is 66.7 Å². The molecule has 0 aromatic heterocycles. The van der Waals surface area contributed by atoms with Crippen molar-refractivity contribution >= 4 is 69.2 Å². The van der Waals surface area contributed by atoms with Gasteiger partial charge < -0.3 is 16.0 Å². The fraction of sp³-hybridized carbons (Fsp3) is 0.303. The number of unbranched alkanes of at least 4 members (excludes halogenated alkanes) is 1. The van der Waals surface area contributed by atoms with Gasteiger partial charge in [-0.05, 0) is 110 Å². The lowest BCUT2D eigenvalue weighted by Crippen LogP contribution is -2.54. The van der Waals surface area contributed by atoms with E-state index in [-0.39, 0.29) is 41.8 Å². The highest BCUT2D eigenvalue weighted by Gasteiger charge is 2.44. The number of piperidine rings is 1. The van der Waals surface area contributed by atoms with E-state index in [9.17, 15) is 37.1 Å². The minimum absolute atomic E-state index is 0.0544. The standard InChI is InChI=1S/C33H32F3IN6O6/c34-23-8-7-21(29(28(23)36)40-25-9-4-18(37)16-24(25)35)30(45)42-49-15-3-13-38-12-1-2-14-39-19-5-6-20-22(17-19)33(48)43(32(20)47)26-10-11-27(44)41-31(26)46/h4-9,16-17,26,38-40H,1-3,10-15H2,(H,42,45)(H,41,44,46). The van der Waals surface area contributed by atoms with Gasteiger partial charge in [0.1, 0.15) is 11.9 Å². The normalized spacial score (nSPS) is 15.7. The van der Waals surface area contributed by atoms with Gasteiger partial charge in [0.05, 0.1) is 34.7 Å². The summed E-state index contributed by atoms with van der Waals surface area (Å²) in [5.74, 6) is -6.27. The molecular formula is C33H32F3IN6O6. The molecule has 5 amide bonds. The first kappa shape index (κ1) is 35.7. The Morgan fingerprint density at radius 3 is 2.43 bits per heavy atom. The van der Waals surface area contributed by atoms with Crippen LogP contribution in [0.2, 0.25) is 0 Å². The predicted molar refractivity (Wildman–Crippen MR) is 180 cm³/mol. The van der Waals surface area contributed by atoms with Crippen LogP contribution in [0.4, 0.5) is 30.2 Å². The van der Waals surface area contributed by atoms with Gasteiger partial charge in [0, 0.05) is 22.2 Å². The average Bonchev–Trinajstić information content (AvgIpc) is 3.31. The molecule has 49 heavy (non-hydrogen) atoms. The number of benzene rings is 3. The minimum Gasteiger partial charge on any atom is -0.385 e. The van der Waals surface area contributed by atoms with Crippen LogP contribution in [0.5, 0.6) is 0 Å². The van der Waals surface area contributed by atoms with E-state index in [2.05, 4.69) is 26.7 Å². The maximum Gasteiger partial charge on any atom is 0.277 e. The molecule has 1 unspecified atom stereocenters. The number of halogens is 4. The number of rotatable bonds is 15. The third kappa shape index (κ3) is 8.55. The Hall–Kier alpha value is -4.55. The largest absolute Gasteiger partial charge is 0.385 e. The Morgan fingerprint density at radius 2 is 1.65 bits per heavy atom. The van der Waals surface area contributed by atoms with Crippen molar-refractivity contribution in [1.29, 1.82) is 0 Å². The number of imide groups is 2. The van der Waals surface area contributed by atoms with E-state index < -0.39 is 58.7 Å². The molecule has 1 atom stereocenters. The molecule has 1 fully saturated rings. The van der Waals surface area contributed by atoms with E-state index >= 15 is 0 Å². The molecule has 0 saturated carbocycles. The van der Waals surface area contributed by atoms with Crippen LogP contribution >= 0.6 is 22.6 Å². The summed E-state index contributed by atoms with van der Waals surface area (Å²) in [6.45, 7) is 2.02. The first-order chi connectivity index (χ1) is 23.5. The molecule has 5 rings (SSSR count). The lowest BCUT2D eigenvalue weighted by molar-refractivity contribution is -0.136. The number of fused-ring (bicyclic) bond motifs is 1. The molecule has 0 radical (unpaired) electrons.